The molecule has 0 fully saturated rings. The van der Waals surface area contributed by atoms with E-state index in [0.717, 1.165) is 62.0 Å². The van der Waals surface area contributed by atoms with Gasteiger partial charge in [0.2, 0.25) is 0 Å². The Labute approximate surface area is 174 Å². The van der Waals surface area contributed by atoms with Gasteiger partial charge in [-0.25, -0.2) is 0 Å². The third kappa shape index (κ3) is 7.33. The van der Waals surface area contributed by atoms with Crippen LogP contribution in [0.15, 0.2) is 29.3 Å². The van der Waals surface area contributed by atoms with Gasteiger partial charge < -0.3 is 20.1 Å². The number of hydrogen-bond acceptors (Lipinski definition) is 4. The van der Waals surface area contributed by atoms with Crippen LogP contribution in [0.25, 0.3) is 0 Å². The predicted molar refractivity (Wildman–Crippen MR) is 118 cm³/mol. The SMILES string of the molecule is CCOc1cc(CCCNC(=NC)NCCCn2nc(C)cc2C)ccc1OC. The van der Waals surface area contributed by atoms with Gasteiger partial charge in [-0.1, -0.05) is 6.07 Å². The van der Waals surface area contributed by atoms with Gasteiger partial charge >= 0.3 is 0 Å². The molecule has 0 amide bonds. The highest BCUT2D eigenvalue weighted by molar-refractivity contribution is 5.79. The molecule has 1 aromatic carbocycles. The second kappa shape index (κ2) is 12.0. The number of nitrogens with zero attached hydrogens (tertiary/aromatic N) is 3. The van der Waals surface area contributed by atoms with Crippen molar-refractivity contribution >= 4 is 5.96 Å². The van der Waals surface area contributed by atoms with Gasteiger partial charge in [0, 0.05) is 32.4 Å². The molecular weight excluding hydrogens is 366 g/mol. The largest absolute Gasteiger partial charge is 0.493 e. The molecule has 2 N–H and O–H groups in total. The Morgan fingerprint density at radius 3 is 2.48 bits per heavy atom. The molecule has 1 aromatic heterocycles. The fraction of sp³-hybridized carbons (Fsp3) is 0.545. The Kier molecular flexibility index (Phi) is 9.34. The quantitative estimate of drug-likeness (QED) is 0.344. The summed E-state index contributed by atoms with van der Waals surface area (Å²) in [6, 6.07) is 8.23. The molecule has 0 aliphatic rings. The van der Waals surface area contributed by atoms with Crippen LogP contribution in [0.2, 0.25) is 0 Å². The maximum absolute atomic E-state index is 5.65. The van der Waals surface area contributed by atoms with Crippen molar-refractivity contribution in [3.63, 3.8) is 0 Å². The number of rotatable bonds is 11. The van der Waals surface area contributed by atoms with Gasteiger partial charge in [-0.2, -0.15) is 5.10 Å². The number of aromatic nitrogens is 2. The lowest BCUT2D eigenvalue weighted by molar-refractivity contribution is 0.310. The Morgan fingerprint density at radius 2 is 1.86 bits per heavy atom. The van der Waals surface area contributed by atoms with Crippen molar-refractivity contribution < 1.29 is 9.47 Å². The van der Waals surface area contributed by atoms with E-state index in [1.807, 2.05) is 19.9 Å². The minimum atomic E-state index is 0.628. The first-order valence-corrected chi connectivity index (χ1v) is 10.3. The van der Waals surface area contributed by atoms with Crippen molar-refractivity contribution in [2.45, 2.75) is 46.6 Å². The molecule has 0 unspecified atom stereocenters. The van der Waals surface area contributed by atoms with Crippen molar-refractivity contribution in [2.24, 2.45) is 4.99 Å². The van der Waals surface area contributed by atoms with E-state index in [1.165, 1.54) is 11.3 Å². The highest BCUT2D eigenvalue weighted by Gasteiger charge is 2.06. The molecule has 0 aliphatic heterocycles. The standard InChI is InChI=1S/C22H35N5O2/c1-6-29-21-16-19(10-11-20(21)28-5)9-7-12-24-22(23-4)25-13-8-14-27-18(3)15-17(2)26-27/h10-11,15-16H,6-9,12-14H2,1-5H3,(H2,23,24,25). The molecule has 2 rings (SSSR count). The summed E-state index contributed by atoms with van der Waals surface area (Å²) in [5, 5.41) is 11.2. The van der Waals surface area contributed by atoms with Crippen molar-refractivity contribution in [1.29, 1.82) is 0 Å². The number of ether oxygens (including phenoxy) is 2. The van der Waals surface area contributed by atoms with Crippen LogP contribution in [0.3, 0.4) is 0 Å². The molecule has 0 radical (unpaired) electrons. The fourth-order valence-electron chi connectivity index (χ4n) is 3.20. The summed E-state index contributed by atoms with van der Waals surface area (Å²) in [5.41, 5.74) is 3.51. The van der Waals surface area contributed by atoms with Crippen LogP contribution in [-0.2, 0) is 13.0 Å². The van der Waals surface area contributed by atoms with Gasteiger partial charge in [0.15, 0.2) is 17.5 Å². The average Bonchev–Trinajstić information content (AvgIpc) is 3.04. The Hall–Kier alpha value is -2.70. The zero-order valence-corrected chi connectivity index (χ0v) is 18.4. The van der Waals surface area contributed by atoms with Crippen molar-refractivity contribution in [2.75, 3.05) is 33.9 Å². The van der Waals surface area contributed by atoms with E-state index in [4.69, 9.17) is 9.47 Å². The minimum absolute atomic E-state index is 0.628. The van der Waals surface area contributed by atoms with E-state index >= 15 is 0 Å². The Bertz CT molecular complexity index is 786. The second-order valence-electron chi connectivity index (χ2n) is 6.95. The molecular formula is C22H35N5O2. The van der Waals surface area contributed by atoms with Gasteiger partial charge in [-0.3, -0.25) is 9.67 Å². The summed E-state index contributed by atoms with van der Waals surface area (Å²) < 4.78 is 13.0. The number of benzene rings is 1. The lowest BCUT2D eigenvalue weighted by atomic mass is 10.1. The van der Waals surface area contributed by atoms with Gasteiger partial charge in [0.05, 0.1) is 19.4 Å². The first-order chi connectivity index (χ1) is 14.1. The highest BCUT2D eigenvalue weighted by Crippen LogP contribution is 2.28. The van der Waals surface area contributed by atoms with Crippen LogP contribution in [0.1, 0.15) is 36.7 Å². The molecule has 1 heterocycles. The Morgan fingerprint density at radius 1 is 1.10 bits per heavy atom. The third-order valence-corrected chi connectivity index (χ3v) is 4.63. The number of hydrogen-bond donors (Lipinski definition) is 2. The lowest BCUT2D eigenvalue weighted by Gasteiger charge is -2.13. The molecule has 7 nitrogen and oxygen atoms in total. The number of guanidine groups is 1. The Balaban J connectivity index is 1.68. The number of aliphatic imine (C=N–C) groups is 1. The number of aryl methyl sites for hydroxylation is 4. The lowest BCUT2D eigenvalue weighted by Crippen LogP contribution is -2.38. The van der Waals surface area contributed by atoms with E-state index in [2.05, 4.69) is 50.5 Å². The molecule has 29 heavy (non-hydrogen) atoms. The molecule has 0 saturated carbocycles. The first kappa shape index (κ1) is 22.6. The zero-order chi connectivity index (χ0) is 21.1. The van der Waals surface area contributed by atoms with Crippen LogP contribution < -0.4 is 20.1 Å². The third-order valence-electron chi connectivity index (χ3n) is 4.63. The molecule has 0 aliphatic carbocycles. The summed E-state index contributed by atoms with van der Waals surface area (Å²) in [6.45, 7) is 9.34. The molecule has 160 valence electrons. The van der Waals surface area contributed by atoms with Gasteiger partial charge in [-0.15, -0.1) is 0 Å². The zero-order valence-electron chi connectivity index (χ0n) is 18.4. The topological polar surface area (TPSA) is 72.7 Å². The highest BCUT2D eigenvalue weighted by atomic mass is 16.5. The smallest absolute Gasteiger partial charge is 0.190 e. The van der Waals surface area contributed by atoms with E-state index in [1.54, 1.807) is 14.2 Å². The second-order valence-corrected chi connectivity index (χ2v) is 6.95. The predicted octanol–water partition coefficient (Wildman–Crippen LogP) is 3.10. The average molecular weight is 402 g/mol. The molecule has 0 spiro atoms. The summed E-state index contributed by atoms with van der Waals surface area (Å²) in [7, 11) is 3.46. The van der Waals surface area contributed by atoms with E-state index in [-0.39, 0.29) is 0 Å². The van der Waals surface area contributed by atoms with E-state index in [0.29, 0.717) is 6.61 Å². The van der Waals surface area contributed by atoms with Gasteiger partial charge in [0.25, 0.3) is 0 Å². The van der Waals surface area contributed by atoms with Crippen LogP contribution in [-0.4, -0.2) is 49.6 Å². The van der Waals surface area contributed by atoms with Crippen LogP contribution in [0.5, 0.6) is 11.5 Å². The maximum Gasteiger partial charge on any atom is 0.190 e. The maximum atomic E-state index is 5.65. The number of nitrogens with one attached hydrogen (secondary N) is 2. The van der Waals surface area contributed by atoms with Gasteiger partial charge in [0.1, 0.15) is 0 Å². The molecule has 7 heteroatoms. The minimum Gasteiger partial charge on any atom is -0.493 e. The normalized spacial score (nSPS) is 11.4. The summed E-state index contributed by atoms with van der Waals surface area (Å²) in [6.07, 6.45) is 2.96. The van der Waals surface area contributed by atoms with Crippen molar-refractivity contribution in [1.82, 2.24) is 20.4 Å². The summed E-state index contributed by atoms with van der Waals surface area (Å²) >= 11 is 0. The molecule has 0 atom stereocenters. The molecule has 0 bridgehead atoms. The number of methoxy groups -OCH3 is 1. The molecule has 0 saturated heterocycles. The van der Waals surface area contributed by atoms with Crippen LogP contribution in [0.4, 0.5) is 0 Å². The van der Waals surface area contributed by atoms with Gasteiger partial charge in [-0.05, 0) is 63.8 Å². The summed E-state index contributed by atoms with van der Waals surface area (Å²) in [4.78, 5) is 4.30. The van der Waals surface area contributed by atoms with Crippen LogP contribution in [0, 0.1) is 13.8 Å². The van der Waals surface area contributed by atoms with Crippen molar-refractivity contribution in [3.8, 4) is 11.5 Å². The van der Waals surface area contributed by atoms with E-state index < -0.39 is 0 Å². The fourth-order valence-corrected chi connectivity index (χ4v) is 3.20. The molecule has 2 aromatic rings. The summed E-state index contributed by atoms with van der Waals surface area (Å²) in [5.74, 6) is 2.42. The van der Waals surface area contributed by atoms with Crippen molar-refractivity contribution in [3.05, 3.63) is 41.2 Å². The monoisotopic (exact) mass is 401 g/mol. The first-order valence-electron chi connectivity index (χ1n) is 10.3. The van der Waals surface area contributed by atoms with Crippen LogP contribution >= 0.6 is 0 Å². The van der Waals surface area contributed by atoms with E-state index in [9.17, 15) is 0 Å².